The van der Waals surface area contributed by atoms with E-state index in [1.54, 1.807) is 11.3 Å². The third-order valence-electron chi connectivity index (χ3n) is 3.87. The van der Waals surface area contributed by atoms with Gasteiger partial charge in [-0.25, -0.2) is 4.98 Å². The topological polar surface area (TPSA) is 38.9 Å². The Hall–Kier alpha value is -0.610. The van der Waals surface area contributed by atoms with Crippen LogP contribution in [0.4, 0.5) is 0 Å². The predicted molar refractivity (Wildman–Crippen MR) is 90.4 cm³/mol. The Balaban J connectivity index is 1.86. The lowest BCUT2D eigenvalue weighted by molar-refractivity contribution is 0.282. The van der Waals surface area contributed by atoms with Crippen molar-refractivity contribution in [3.8, 4) is 0 Å². The van der Waals surface area contributed by atoms with E-state index >= 15 is 0 Å². The Bertz CT molecular complexity index is 679. The van der Waals surface area contributed by atoms with Crippen LogP contribution < -0.4 is 5.73 Å². The monoisotopic (exact) mass is 340 g/mol. The molecule has 1 unspecified atom stereocenters. The molecular formula is C16H18Cl2N2S. The molecule has 1 atom stereocenters. The van der Waals surface area contributed by atoms with E-state index in [-0.39, 0.29) is 11.5 Å². The third kappa shape index (κ3) is 3.26. The maximum atomic E-state index is 6.30. The fourth-order valence-electron chi connectivity index (χ4n) is 2.94. The van der Waals surface area contributed by atoms with Gasteiger partial charge in [0.15, 0.2) is 0 Å². The highest BCUT2D eigenvalue weighted by atomic mass is 35.5. The largest absolute Gasteiger partial charge is 0.323 e. The summed E-state index contributed by atoms with van der Waals surface area (Å²) in [4.78, 5) is 6.06. The molecule has 2 nitrogen and oxygen atoms in total. The van der Waals surface area contributed by atoms with Crippen LogP contribution in [0.5, 0.6) is 0 Å². The summed E-state index contributed by atoms with van der Waals surface area (Å²) in [6, 6.07) is 5.86. The van der Waals surface area contributed by atoms with Crippen molar-refractivity contribution < 1.29 is 0 Å². The van der Waals surface area contributed by atoms with Crippen LogP contribution in [-0.4, -0.2) is 4.98 Å². The molecule has 0 radical (unpaired) electrons. The number of halogens is 2. The molecule has 0 saturated heterocycles. The smallest absolute Gasteiger partial charge is 0.0975 e. The van der Waals surface area contributed by atoms with E-state index in [1.165, 1.54) is 10.6 Å². The second-order valence-electron chi connectivity index (χ2n) is 6.50. The van der Waals surface area contributed by atoms with Crippen LogP contribution >= 0.6 is 34.5 Å². The van der Waals surface area contributed by atoms with Gasteiger partial charge in [-0.05, 0) is 36.0 Å². The van der Waals surface area contributed by atoms with Crippen molar-refractivity contribution in [2.75, 3.05) is 0 Å². The first-order valence-corrected chi connectivity index (χ1v) is 8.59. The number of benzene rings is 1. The zero-order valence-electron chi connectivity index (χ0n) is 12.1. The van der Waals surface area contributed by atoms with E-state index in [9.17, 15) is 0 Å². The maximum Gasteiger partial charge on any atom is 0.0975 e. The summed E-state index contributed by atoms with van der Waals surface area (Å²) in [7, 11) is 0. The van der Waals surface area contributed by atoms with Crippen molar-refractivity contribution >= 4 is 34.5 Å². The van der Waals surface area contributed by atoms with Crippen molar-refractivity contribution in [3.05, 3.63) is 49.4 Å². The summed E-state index contributed by atoms with van der Waals surface area (Å²) in [5, 5.41) is 2.28. The molecule has 1 aromatic heterocycles. The second kappa shape index (κ2) is 5.54. The number of fused-ring (bicyclic) bond motifs is 1. The van der Waals surface area contributed by atoms with Crippen LogP contribution in [0.2, 0.25) is 10.0 Å². The van der Waals surface area contributed by atoms with Gasteiger partial charge in [0.1, 0.15) is 0 Å². The van der Waals surface area contributed by atoms with Gasteiger partial charge in [-0.3, -0.25) is 0 Å². The molecule has 21 heavy (non-hydrogen) atoms. The average Bonchev–Trinajstić information content (AvgIpc) is 2.75. The molecular weight excluding hydrogens is 323 g/mol. The van der Waals surface area contributed by atoms with Gasteiger partial charge in [-0.15, -0.1) is 11.3 Å². The molecule has 2 N–H and O–H groups in total. The quantitative estimate of drug-likeness (QED) is 0.834. The summed E-state index contributed by atoms with van der Waals surface area (Å²) >= 11 is 13.8. The fourth-order valence-corrected chi connectivity index (χ4v) is 4.38. The Labute approximate surface area is 139 Å². The molecule has 0 bridgehead atoms. The first-order chi connectivity index (χ1) is 9.84. The Kier molecular flexibility index (Phi) is 4.04. The highest BCUT2D eigenvalue weighted by Gasteiger charge is 2.33. The zero-order valence-corrected chi connectivity index (χ0v) is 14.4. The minimum Gasteiger partial charge on any atom is -0.323 e. The van der Waals surface area contributed by atoms with Gasteiger partial charge < -0.3 is 5.73 Å². The number of nitrogens with zero attached hydrogens (tertiary/aromatic N) is 1. The number of aromatic nitrogens is 1. The van der Waals surface area contributed by atoms with Crippen molar-refractivity contribution in [1.82, 2.24) is 4.98 Å². The normalized spacial score (nSPS) is 20.3. The Morgan fingerprint density at radius 3 is 2.81 bits per heavy atom. The van der Waals surface area contributed by atoms with E-state index in [1.807, 2.05) is 18.2 Å². The van der Waals surface area contributed by atoms with Gasteiger partial charge in [0.05, 0.1) is 20.7 Å². The molecule has 2 aromatic rings. The van der Waals surface area contributed by atoms with Crippen LogP contribution in [0.1, 0.15) is 47.5 Å². The van der Waals surface area contributed by atoms with E-state index in [2.05, 4.69) is 13.8 Å². The lowest BCUT2D eigenvalue weighted by Gasteiger charge is -2.32. The molecule has 3 rings (SSSR count). The molecule has 1 aromatic carbocycles. The summed E-state index contributed by atoms with van der Waals surface area (Å²) in [6.45, 7) is 4.52. The van der Waals surface area contributed by atoms with Crippen LogP contribution in [0.25, 0.3) is 0 Å². The van der Waals surface area contributed by atoms with Crippen molar-refractivity contribution in [3.63, 3.8) is 0 Å². The summed E-state index contributed by atoms with van der Waals surface area (Å²) in [5.74, 6) is 0. The standard InChI is InChI=1S/C16H18Cl2N2S/c1-16(2)7-12(19)15-13(8-16)20-14(21-15)6-9-3-4-10(17)11(18)5-9/h3-5,12H,6-8,19H2,1-2H3. The number of thiazole rings is 1. The van der Waals surface area contributed by atoms with Crippen LogP contribution in [0.15, 0.2) is 18.2 Å². The number of hydrogen-bond donors (Lipinski definition) is 1. The van der Waals surface area contributed by atoms with Crippen LogP contribution in [-0.2, 0) is 12.8 Å². The van der Waals surface area contributed by atoms with Crippen molar-refractivity contribution in [2.24, 2.45) is 11.1 Å². The Morgan fingerprint density at radius 1 is 1.33 bits per heavy atom. The fraction of sp³-hybridized carbons (Fsp3) is 0.438. The van der Waals surface area contributed by atoms with Gasteiger partial charge in [-0.1, -0.05) is 43.1 Å². The van der Waals surface area contributed by atoms with Crippen LogP contribution in [0.3, 0.4) is 0 Å². The molecule has 1 heterocycles. The number of nitrogens with two attached hydrogens (primary N) is 1. The summed E-state index contributed by atoms with van der Waals surface area (Å²) in [5.41, 5.74) is 8.85. The van der Waals surface area contributed by atoms with E-state index in [4.69, 9.17) is 33.9 Å². The van der Waals surface area contributed by atoms with Crippen LogP contribution in [0, 0.1) is 5.41 Å². The molecule has 0 spiro atoms. The molecule has 0 amide bonds. The molecule has 0 aliphatic heterocycles. The van der Waals surface area contributed by atoms with E-state index in [0.29, 0.717) is 10.0 Å². The first-order valence-electron chi connectivity index (χ1n) is 7.02. The number of hydrogen-bond acceptors (Lipinski definition) is 3. The van der Waals surface area contributed by atoms with Gasteiger partial charge >= 0.3 is 0 Å². The first kappa shape index (κ1) is 15.3. The SMILES string of the molecule is CC1(C)Cc2nc(Cc3ccc(Cl)c(Cl)c3)sc2C(N)C1. The van der Waals surface area contributed by atoms with Crippen molar-refractivity contribution in [2.45, 2.75) is 39.2 Å². The highest BCUT2D eigenvalue weighted by molar-refractivity contribution is 7.11. The lowest BCUT2D eigenvalue weighted by atomic mass is 9.77. The Morgan fingerprint density at radius 2 is 2.10 bits per heavy atom. The van der Waals surface area contributed by atoms with Gasteiger partial charge in [0, 0.05) is 17.3 Å². The van der Waals surface area contributed by atoms with Crippen molar-refractivity contribution in [1.29, 1.82) is 0 Å². The summed E-state index contributed by atoms with van der Waals surface area (Å²) in [6.07, 6.45) is 2.81. The molecule has 1 aliphatic carbocycles. The van der Waals surface area contributed by atoms with Gasteiger partial charge in [0.2, 0.25) is 0 Å². The highest BCUT2D eigenvalue weighted by Crippen LogP contribution is 2.42. The minimum atomic E-state index is 0.115. The minimum absolute atomic E-state index is 0.115. The van der Waals surface area contributed by atoms with Gasteiger partial charge in [-0.2, -0.15) is 0 Å². The molecule has 5 heteroatoms. The summed E-state index contributed by atoms with van der Waals surface area (Å²) < 4.78 is 0. The maximum absolute atomic E-state index is 6.30. The third-order valence-corrected chi connectivity index (χ3v) is 5.84. The van der Waals surface area contributed by atoms with Gasteiger partial charge in [0.25, 0.3) is 0 Å². The molecule has 0 saturated carbocycles. The molecule has 1 aliphatic rings. The van der Waals surface area contributed by atoms with E-state index < -0.39 is 0 Å². The molecule has 0 fully saturated rings. The number of rotatable bonds is 2. The zero-order chi connectivity index (χ0) is 15.2. The lowest BCUT2D eigenvalue weighted by Crippen LogP contribution is -2.28. The second-order valence-corrected chi connectivity index (χ2v) is 8.42. The van der Waals surface area contributed by atoms with E-state index in [0.717, 1.165) is 29.8 Å². The average molecular weight is 341 g/mol. The molecule has 112 valence electrons. The predicted octanol–water partition coefficient (Wildman–Crippen LogP) is 5.01.